The van der Waals surface area contributed by atoms with Gasteiger partial charge in [0.1, 0.15) is 11.4 Å². The van der Waals surface area contributed by atoms with Crippen LogP contribution < -0.4 is 5.32 Å². The zero-order valence-electron chi connectivity index (χ0n) is 14.2. The summed E-state index contributed by atoms with van der Waals surface area (Å²) in [4.78, 5) is 39.5. The Morgan fingerprint density at radius 3 is 2.46 bits per heavy atom. The lowest BCUT2D eigenvalue weighted by Gasteiger charge is -2.30. The Balaban J connectivity index is 3.20. The quantitative estimate of drug-likeness (QED) is 0.639. The summed E-state index contributed by atoms with van der Waals surface area (Å²) in [7, 11) is 1.37. The second-order valence-corrected chi connectivity index (χ2v) is 5.92. The van der Waals surface area contributed by atoms with E-state index < -0.39 is 30.0 Å². The summed E-state index contributed by atoms with van der Waals surface area (Å²) < 4.78 is 10.4. The third-order valence-corrected chi connectivity index (χ3v) is 2.64. The third kappa shape index (κ3) is 5.75. The molecular formula is C15H21N3O6. The first-order valence-electron chi connectivity index (χ1n) is 7.09. The number of nitrogens with zero attached hydrogens (tertiary/aromatic N) is 2. The van der Waals surface area contributed by atoms with Crippen LogP contribution in [0.25, 0.3) is 0 Å². The Labute approximate surface area is 139 Å². The van der Waals surface area contributed by atoms with E-state index in [1.165, 1.54) is 32.3 Å². The van der Waals surface area contributed by atoms with Crippen molar-refractivity contribution < 1.29 is 29.0 Å². The molecule has 1 rings (SSSR count). The number of carboxylic acid groups (broad SMARTS) is 1. The smallest absolute Gasteiger partial charge is 0.413 e. The van der Waals surface area contributed by atoms with E-state index >= 15 is 0 Å². The van der Waals surface area contributed by atoms with Gasteiger partial charge in [0.15, 0.2) is 0 Å². The normalized spacial score (nSPS) is 12.0. The number of hydrogen-bond donors (Lipinski definition) is 2. The van der Waals surface area contributed by atoms with E-state index in [1.807, 2.05) is 0 Å². The van der Waals surface area contributed by atoms with Gasteiger partial charge >= 0.3 is 18.2 Å². The van der Waals surface area contributed by atoms with Gasteiger partial charge in [-0.2, -0.15) is 0 Å². The number of aromatic nitrogens is 1. The number of rotatable bonds is 4. The number of amides is 2. The highest BCUT2D eigenvalue weighted by Gasteiger charge is 2.30. The van der Waals surface area contributed by atoms with Gasteiger partial charge in [0, 0.05) is 20.2 Å². The molecular weight excluding hydrogens is 318 g/mol. The number of pyridine rings is 1. The average Bonchev–Trinajstić information content (AvgIpc) is 2.42. The van der Waals surface area contributed by atoms with Crippen LogP contribution in [0.2, 0.25) is 0 Å². The van der Waals surface area contributed by atoms with Crippen molar-refractivity contribution in [3.63, 3.8) is 0 Å². The summed E-state index contributed by atoms with van der Waals surface area (Å²) in [6.45, 7) is 6.26. The van der Waals surface area contributed by atoms with Gasteiger partial charge in [-0.1, -0.05) is 0 Å². The maximum absolute atomic E-state index is 12.2. The van der Waals surface area contributed by atoms with Crippen LogP contribution >= 0.6 is 0 Å². The standard InChI is InChI=1S/C15H21N3O6/c1-9(19)23-12(18(5)14(22)24-15(2,3)4)10-7-6-8-16-11(10)17-13(20)21/h6-8,12H,1-5H3,(H,16,17)(H,20,21). The Morgan fingerprint density at radius 1 is 1.33 bits per heavy atom. The summed E-state index contributed by atoms with van der Waals surface area (Å²) >= 11 is 0. The van der Waals surface area contributed by atoms with Crippen LogP contribution in [0.3, 0.4) is 0 Å². The lowest BCUT2D eigenvalue weighted by molar-refractivity contribution is -0.155. The van der Waals surface area contributed by atoms with Crippen molar-refractivity contribution in [2.24, 2.45) is 0 Å². The molecule has 0 aliphatic heterocycles. The van der Waals surface area contributed by atoms with E-state index in [0.717, 1.165) is 4.90 Å². The molecule has 0 saturated carbocycles. The Morgan fingerprint density at radius 2 is 1.96 bits per heavy atom. The minimum Gasteiger partial charge on any atom is -0.465 e. The zero-order valence-corrected chi connectivity index (χ0v) is 14.2. The first kappa shape index (κ1) is 19.2. The predicted octanol–water partition coefficient (Wildman–Crippen LogP) is 2.60. The van der Waals surface area contributed by atoms with Crippen molar-refractivity contribution in [3.05, 3.63) is 23.9 Å². The number of hydrogen-bond acceptors (Lipinski definition) is 6. The number of ether oxygens (including phenoxy) is 2. The molecule has 24 heavy (non-hydrogen) atoms. The van der Waals surface area contributed by atoms with E-state index in [-0.39, 0.29) is 11.4 Å². The minimum atomic E-state index is -1.34. The molecule has 1 heterocycles. The zero-order chi connectivity index (χ0) is 18.5. The van der Waals surface area contributed by atoms with Gasteiger partial charge in [-0.05, 0) is 32.9 Å². The van der Waals surface area contributed by atoms with Gasteiger partial charge in [0.2, 0.25) is 6.23 Å². The van der Waals surface area contributed by atoms with Crippen LogP contribution in [-0.4, -0.2) is 45.8 Å². The highest BCUT2D eigenvalue weighted by molar-refractivity contribution is 5.83. The van der Waals surface area contributed by atoms with E-state index in [4.69, 9.17) is 14.6 Å². The Hall–Kier alpha value is -2.84. The van der Waals surface area contributed by atoms with Gasteiger partial charge in [0.05, 0.1) is 5.56 Å². The highest BCUT2D eigenvalue weighted by Crippen LogP contribution is 2.28. The average molecular weight is 339 g/mol. The number of anilines is 1. The first-order valence-corrected chi connectivity index (χ1v) is 7.09. The lowest BCUT2D eigenvalue weighted by Crippen LogP contribution is -2.38. The molecule has 0 aromatic carbocycles. The topological polar surface area (TPSA) is 118 Å². The monoisotopic (exact) mass is 339 g/mol. The maximum atomic E-state index is 12.2. The second-order valence-electron chi connectivity index (χ2n) is 5.92. The number of esters is 1. The molecule has 2 amide bonds. The lowest BCUT2D eigenvalue weighted by atomic mass is 10.2. The molecule has 0 aliphatic rings. The van der Waals surface area contributed by atoms with E-state index in [0.29, 0.717) is 0 Å². The molecule has 1 atom stereocenters. The molecule has 132 valence electrons. The highest BCUT2D eigenvalue weighted by atomic mass is 16.6. The van der Waals surface area contributed by atoms with Crippen LogP contribution in [0, 0.1) is 0 Å². The SMILES string of the molecule is CC(=O)OC(c1cccnc1NC(=O)O)N(C)C(=O)OC(C)(C)C. The van der Waals surface area contributed by atoms with Crippen molar-refractivity contribution in [2.45, 2.75) is 39.5 Å². The summed E-state index contributed by atoms with van der Waals surface area (Å²) in [5.74, 6) is -0.702. The number of carbonyl (C=O) groups excluding carboxylic acids is 2. The first-order chi connectivity index (χ1) is 11.0. The maximum Gasteiger partial charge on any atom is 0.413 e. The summed E-state index contributed by atoms with van der Waals surface area (Å²) in [5.41, 5.74) is -0.549. The molecule has 2 N–H and O–H groups in total. The third-order valence-electron chi connectivity index (χ3n) is 2.64. The van der Waals surface area contributed by atoms with Gasteiger partial charge in [0.25, 0.3) is 0 Å². The molecule has 0 bridgehead atoms. The molecule has 0 saturated heterocycles. The predicted molar refractivity (Wildman–Crippen MR) is 84.4 cm³/mol. The number of nitrogens with one attached hydrogen (secondary N) is 1. The number of carbonyl (C=O) groups is 3. The van der Waals surface area contributed by atoms with Crippen LogP contribution in [0.15, 0.2) is 18.3 Å². The fourth-order valence-electron chi connectivity index (χ4n) is 1.76. The molecule has 1 aromatic heterocycles. The van der Waals surface area contributed by atoms with Crippen molar-refractivity contribution >= 4 is 24.0 Å². The molecule has 1 unspecified atom stereocenters. The molecule has 0 aliphatic carbocycles. The van der Waals surface area contributed by atoms with E-state index in [1.54, 1.807) is 20.8 Å². The Bertz CT molecular complexity index is 626. The molecule has 0 spiro atoms. The van der Waals surface area contributed by atoms with E-state index in [2.05, 4.69) is 10.3 Å². The minimum absolute atomic E-state index is 0.0494. The molecule has 1 aromatic rings. The van der Waals surface area contributed by atoms with Crippen molar-refractivity contribution in [2.75, 3.05) is 12.4 Å². The largest absolute Gasteiger partial charge is 0.465 e. The summed E-state index contributed by atoms with van der Waals surface area (Å²) in [5, 5.41) is 11.0. The molecule has 9 heteroatoms. The summed E-state index contributed by atoms with van der Waals surface area (Å²) in [6.07, 6.45) is -1.91. The van der Waals surface area contributed by atoms with Gasteiger partial charge in [-0.15, -0.1) is 0 Å². The fourth-order valence-corrected chi connectivity index (χ4v) is 1.76. The van der Waals surface area contributed by atoms with Crippen molar-refractivity contribution in [3.8, 4) is 0 Å². The Kier molecular flexibility index (Phi) is 6.10. The van der Waals surface area contributed by atoms with Crippen molar-refractivity contribution in [1.29, 1.82) is 0 Å². The fraction of sp³-hybridized carbons (Fsp3) is 0.467. The molecule has 9 nitrogen and oxygen atoms in total. The summed E-state index contributed by atoms with van der Waals surface area (Å²) in [6, 6.07) is 3.02. The van der Waals surface area contributed by atoms with Crippen LogP contribution in [-0.2, 0) is 14.3 Å². The molecule has 0 fully saturated rings. The van der Waals surface area contributed by atoms with Crippen LogP contribution in [0.4, 0.5) is 15.4 Å². The van der Waals surface area contributed by atoms with Crippen LogP contribution in [0.1, 0.15) is 39.5 Å². The molecule has 0 radical (unpaired) electrons. The van der Waals surface area contributed by atoms with Gasteiger partial charge < -0.3 is 14.6 Å². The van der Waals surface area contributed by atoms with E-state index in [9.17, 15) is 14.4 Å². The van der Waals surface area contributed by atoms with Gasteiger partial charge in [-0.25, -0.2) is 14.6 Å². The van der Waals surface area contributed by atoms with Crippen molar-refractivity contribution in [1.82, 2.24) is 9.88 Å². The van der Waals surface area contributed by atoms with Gasteiger partial charge in [-0.3, -0.25) is 15.0 Å². The second kappa shape index (κ2) is 7.62. The van der Waals surface area contributed by atoms with Crippen LogP contribution in [0.5, 0.6) is 0 Å².